The van der Waals surface area contributed by atoms with Crippen LogP contribution in [0.25, 0.3) is 0 Å². The molecule has 0 aliphatic carbocycles. The summed E-state index contributed by atoms with van der Waals surface area (Å²) in [6.45, 7) is 12.8. The van der Waals surface area contributed by atoms with Gasteiger partial charge >= 0.3 is 0 Å². The molecule has 2 N–H and O–H groups in total. The fraction of sp³-hybridized carbons (Fsp3) is 0.929. The van der Waals surface area contributed by atoms with E-state index in [1.54, 1.807) is 0 Å². The summed E-state index contributed by atoms with van der Waals surface area (Å²) in [4.78, 5) is 12.0. The van der Waals surface area contributed by atoms with Crippen molar-refractivity contribution in [1.29, 1.82) is 0 Å². The molecule has 1 rings (SSSR count). The van der Waals surface area contributed by atoms with Crippen LogP contribution in [0.4, 0.5) is 0 Å². The van der Waals surface area contributed by atoms with Crippen molar-refractivity contribution in [3.8, 4) is 0 Å². The van der Waals surface area contributed by atoms with Crippen LogP contribution in [0.1, 0.15) is 47.5 Å². The van der Waals surface area contributed by atoms with Crippen molar-refractivity contribution in [2.75, 3.05) is 13.1 Å². The van der Waals surface area contributed by atoms with E-state index in [9.17, 15) is 4.79 Å². The molecule has 100 valence electrons. The number of amides is 1. The topological polar surface area (TPSA) is 41.1 Å². The lowest BCUT2D eigenvalue weighted by molar-refractivity contribution is -0.128. The zero-order valence-electron chi connectivity index (χ0n) is 12.0. The van der Waals surface area contributed by atoms with E-state index < -0.39 is 0 Å². The maximum Gasteiger partial charge on any atom is 0.225 e. The van der Waals surface area contributed by atoms with Crippen LogP contribution in [-0.4, -0.2) is 25.0 Å². The molecule has 3 nitrogen and oxygen atoms in total. The number of rotatable bonds is 5. The average molecular weight is 240 g/mol. The highest BCUT2D eigenvalue weighted by Gasteiger charge is 2.31. The fourth-order valence-corrected chi connectivity index (χ4v) is 1.99. The van der Waals surface area contributed by atoms with Gasteiger partial charge in [0.1, 0.15) is 0 Å². The highest BCUT2D eigenvalue weighted by molar-refractivity contribution is 5.80. The molecule has 0 aromatic heterocycles. The van der Waals surface area contributed by atoms with Gasteiger partial charge < -0.3 is 10.6 Å². The third-order valence-electron chi connectivity index (χ3n) is 3.55. The molecule has 0 aromatic rings. The van der Waals surface area contributed by atoms with Crippen LogP contribution >= 0.6 is 0 Å². The smallest absolute Gasteiger partial charge is 0.225 e. The minimum atomic E-state index is 0.141. The number of carbonyl (C=O) groups excluding carboxylic acids is 1. The third-order valence-corrected chi connectivity index (χ3v) is 3.55. The molecule has 0 aromatic carbocycles. The summed E-state index contributed by atoms with van der Waals surface area (Å²) in [5, 5.41) is 6.38. The lowest BCUT2D eigenvalue weighted by Gasteiger charge is -2.35. The van der Waals surface area contributed by atoms with Crippen LogP contribution in [-0.2, 0) is 4.79 Å². The first-order valence-corrected chi connectivity index (χ1v) is 6.81. The van der Waals surface area contributed by atoms with Gasteiger partial charge in [-0.05, 0) is 24.2 Å². The van der Waals surface area contributed by atoms with Crippen molar-refractivity contribution < 1.29 is 4.79 Å². The summed E-state index contributed by atoms with van der Waals surface area (Å²) in [6.07, 6.45) is 2.25. The van der Waals surface area contributed by atoms with Gasteiger partial charge in [-0.1, -0.05) is 34.6 Å². The number of nitrogens with one attached hydrogen (secondary N) is 2. The van der Waals surface area contributed by atoms with Crippen LogP contribution in [0.15, 0.2) is 0 Å². The summed E-state index contributed by atoms with van der Waals surface area (Å²) in [5.41, 5.74) is 0.141. The highest BCUT2D eigenvalue weighted by Crippen LogP contribution is 2.25. The predicted molar refractivity (Wildman–Crippen MR) is 71.8 cm³/mol. The van der Waals surface area contributed by atoms with Crippen LogP contribution < -0.4 is 10.6 Å². The molecule has 0 spiro atoms. The van der Waals surface area contributed by atoms with E-state index in [0.29, 0.717) is 5.92 Å². The first kappa shape index (κ1) is 14.5. The second kappa shape index (κ2) is 5.85. The monoisotopic (exact) mass is 240 g/mol. The minimum Gasteiger partial charge on any atom is -0.353 e. The van der Waals surface area contributed by atoms with Crippen molar-refractivity contribution in [2.45, 2.75) is 53.5 Å². The maximum absolute atomic E-state index is 12.0. The molecule has 1 aliphatic rings. The van der Waals surface area contributed by atoms with Crippen molar-refractivity contribution >= 4 is 5.91 Å². The Morgan fingerprint density at radius 1 is 1.29 bits per heavy atom. The van der Waals surface area contributed by atoms with E-state index >= 15 is 0 Å². The van der Waals surface area contributed by atoms with Gasteiger partial charge in [0.2, 0.25) is 5.91 Å². The molecule has 0 radical (unpaired) electrons. The van der Waals surface area contributed by atoms with Gasteiger partial charge in [-0.25, -0.2) is 0 Å². The normalized spacial score (nSPS) is 18.9. The summed E-state index contributed by atoms with van der Waals surface area (Å²) in [7, 11) is 0. The van der Waals surface area contributed by atoms with Gasteiger partial charge in [0.25, 0.3) is 0 Å². The molecule has 1 aliphatic heterocycles. The van der Waals surface area contributed by atoms with Gasteiger partial charge in [-0.15, -0.1) is 0 Å². The quantitative estimate of drug-likeness (QED) is 0.773. The first-order chi connectivity index (χ1) is 7.80. The van der Waals surface area contributed by atoms with Crippen molar-refractivity contribution in [2.24, 2.45) is 17.3 Å². The molecule has 17 heavy (non-hydrogen) atoms. The molecular weight excluding hydrogens is 212 g/mol. The van der Waals surface area contributed by atoms with E-state index in [1.807, 2.05) is 0 Å². The van der Waals surface area contributed by atoms with Crippen LogP contribution in [0.5, 0.6) is 0 Å². The second-order valence-electron chi connectivity index (χ2n) is 6.75. The van der Waals surface area contributed by atoms with Gasteiger partial charge in [0.05, 0.1) is 5.92 Å². The molecule has 1 saturated heterocycles. The largest absolute Gasteiger partial charge is 0.353 e. The van der Waals surface area contributed by atoms with Crippen LogP contribution in [0.3, 0.4) is 0 Å². The third kappa shape index (κ3) is 4.66. The summed E-state index contributed by atoms with van der Waals surface area (Å²) in [5.74, 6) is 1.12. The van der Waals surface area contributed by atoms with Crippen molar-refractivity contribution in [1.82, 2.24) is 10.6 Å². The Hall–Kier alpha value is -0.570. The van der Waals surface area contributed by atoms with E-state index in [1.165, 1.54) is 6.42 Å². The van der Waals surface area contributed by atoms with E-state index in [4.69, 9.17) is 0 Å². The predicted octanol–water partition coefficient (Wildman–Crippen LogP) is 2.17. The molecule has 0 bridgehead atoms. The van der Waals surface area contributed by atoms with Crippen LogP contribution in [0.2, 0.25) is 0 Å². The zero-order valence-corrected chi connectivity index (χ0v) is 12.0. The van der Waals surface area contributed by atoms with Gasteiger partial charge in [0.15, 0.2) is 0 Å². The Morgan fingerprint density at radius 2 is 1.88 bits per heavy atom. The van der Waals surface area contributed by atoms with Crippen molar-refractivity contribution in [3.63, 3.8) is 0 Å². The lowest BCUT2D eigenvalue weighted by Crippen LogP contribution is -2.54. The average Bonchev–Trinajstić information content (AvgIpc) is 2.06. The molecule has 0 saturated carbocycles. The molecule has 1 amide bonds. The standard InChI is InChI=1S/C14H28N2O/c1-10(2)6-7-12(14(3,4)5)16-13(17)11-8-15-9-11/h10-12,15H,6-9H2,1-5H3,(H,16,17). The number of carbonyl (C=O) groups is 1. The number of hydrogen-bond acceptors (Lipinski definition) is 2. The Balaban J connectivity index is 2.47. The van der Waals surface area contributed by atoms with Gasteiger partial charge in [-0.2, -0.15) is 0 Å². The Labute approximate surface area is 106 Å². The molecular formula is C14H28N2O. The minimum absolute atomic E-state index is 0.141. The Morgan fingerprint density at radius 3 is 2.24 bits per heavy atom. The molecule has 1 fully saturated rings. The zero-order chi connectivity index (χ0) is 13.1. The summed E-state index contributed by atoms with van der Waals surface area (Å²) < 4.78 is 0. The van der Waals surface area contributed by atoms with E-state index in [0.717, 1.165) is 19.5 Å². The highest BCUT2D eigenvalue weighted by atomic mass is 16.2. The van der Waals surface area contributed by atoms with Gasteiger partial charge in [-0.3, -0.25) is 4.79 Å². The molecule has 1 atom stereocenters. The second-order valence-corrected chi connectivity index (χ2v) is 6.75. The first-order valence-electron chi connectivity index (χ1n) is 6.81. The van der Waals surface area contributed by atoms with E-state index in [-0.39, 0.29) is 23.3 Å². The fourth-order valence-electron chi connectivity index (χ4n) is 1.99. The Bertz CT molecular complexity index is 251. The van der Waals surface area contributed by atoms with Crippen molar-refractivity contribution in [3.05, 3.63) is 0 Å². The lowest BCUT2D eigenvalue weighted by atomic mass is 9.82. The van der Waals surface area contributed by atoms with Crippen LogP contribution in [0, 0.1) is 17.3 Å². The summed E-state index contributed by atoms with van der Waals surface area (Å²) >= 11 is 0. The SMILES string of the molecule is CC(C)CCC(NC(=O)C1CNC1)C(C)(C)C. The maximum atomic E-state index is 12.0. The molecule has 1 unspecified atom stereocenters. The number of hydrogen-bond donors (Lipinski definition) is 2. The molecule has 3 heteroatoms. The summed E-state index contributed by atoms with van der Waals surface area (Å²) in [6, 6.07) is 0.290. The van der Waals surface area contributed by atoms with E-state index in [2.05, 4.69) is 45.3 Å². The molecule has 1 heterocycles. The Kier molecular flexibility index (Phi) is 4.99. The van der Waals surface area contributed by atoms with Gasteiger partial charge in [0, 0.05) is 19.1 Å².